The van der Waals surface area contributed by atoms with Gasteiger partial charge in [-0.25, -0.2) is 4.79 Å². The summed E-state index contributed by atoms with van der Waals surface area (Å²) in [4.78, 5) is 10.4. The predicted octanol–water partition coefficient (Wildman–Crippen LogP) is 0.694. The van der Waals surface area contributed by atoms with Crippen molar-refractivity contribution in [3.63, 3.8) is 0 Å². The maximum Gasteiger partial charge on any atom is 0.336 e. The molecule has 0 aromatic rings. The summed E-state index contributed by atoms with van der Waals surface area (Å²) >= 11 is 3.06. The number of halogens is 1. The number of hydrogen-bond donors (Lipinski definition) is 1. The number of rotatable bonds is 3. The van der Waals surface area contributed by atoms with E-state index in [2.05, 4.69) is 20.7 Å². The standard InChI is InChI=1S/C6H11BrO3/c1-3-10-6(9)5(8)4(2)7/h4-5,8H,3H2,1-2H3. The second-order valence-electron chi connectivity index (χ2n) is 1.87. The first-order valence-corrected chi connectivity index (χ1v) is 4.00. The van der Waals surface area contributed by atoms with Crippen molar-refractivity contribution in [3.8, 4) is 0 Å². The van der Waals surface area contributed by atoms with Gasteiger partial charge < -0.3 is 9.84 Å². The zero-order valence-corrected chi connectivity index (χ0v) is 7.59. The molecule has 2 unspecified atom stereocenters. The molecule has 0 rings (SSSR count). The Hall–Kier alpha value is -0.0900. The summed E-state index contributed by atoms with van der Waals surface area (Å²) in [6, 6.07) is 0. The molecule has 0 saturated carbocycles. The lowest BCUT2D eigenvalue weighted by atomic mass is 10.3. The lowest BCUT2D eigenvalue weighted by Gasteiger charge is -2.10. The maximum atomic E-state index is 10.7. The Morgan fingerprint density at radius 1 is 1.80 bits per heavy atom. The van der Waals surface area contributed by atoms with E-state index in [1.807, 2.05) is 0 Å². The zero-order valence-electron chi connectivity index (χ0n) is 6.00. The van der Waals surface area contributed by atoms with Crippen LogP contribution in [0.15, 0.2) is 0 Å². The van der Waals surface area contributed by atoms with E-state index in [-0.39, 0.29) is 4.83 Å². The molecule has 0 aliphatic carbocycles. The third kappa shape index (κ3) is 3.17. The van der Waals surface area contributed by atoms with Gasteiger partial charge in [-0.05, 0) is 13.8 Å². The Labute approximate surface area is 68.5 Å². The first-order valence-electron chi connectivity index (χ1n) is 3.08. The van der Waals surface area contributed by atoms with Gasteiger partial charge in [0.25, 0.3) is 0 Å². The summed E-state index contributed by atoms with van der Waals surface area (Å²) < 4.78 is 4.55. The minimum absolute atomic E-state index is 0.258. The van der Waals surface area contributed by atoms with Gasteiger partial charge >= 0.3 is 5.97 Å². The largest absolute Gasteiger partial charge is 0.464 e. The topological polar surface area (TPSA) is 46.5 Å². The molecule has 4 heteroatoms. The minimum atomic E-state index is -1.06. The number of esters is 1. The molecule has 3 nitrogen and oxygen atoms in total. The van der Waals surface area contributed by atoms with Crippen molar-refractivity contribution in [2.75, 3.05) is 6.61 Å². The Kier molecular flexibility index (Phi) is 4.64. The molecule has 0 saturated heterocycles. The summed E-state index contributed by atoms with van der Waals surface area (Å²) in [5.74, 6) is -0.577. The first kappa shape index (κ1) is 9.91. The maximum absolute atomic E-state index is 10.7. The van der Waals surface area contributed by atoms with Crippen molar-refractivity contribution in [1.29, 1.82) is 0 Å². The van der Waals surface area contributed by atoms with Crippen LogP contribution in [0.1, 0.15) is 13.8 Å². The van der Waals surface area contributed by atoms with Gasteiger partial charge in [-0.15, -0.1) is 0 Å². The fourth-order valence-electron chi connectivity index (χ4n) is 0.415. The van der Waals surface area contributed by atoms with Crippen molar-refractivity contribution in [2.45, 2.75) is 24.8 Å². The van der Waals surface area contributed by atoms with Crippen LogP contribution in [0.5, 0.6) is 0 Å². The van der Waals surface area contributed by atoms with Crippen molar-refractivity contribution in [2.24, 2.45) is 0 Å². The van der Waals surface area contributed by atoms with Crippen LogP contribution in [0.4, 0.5) is 0 Å². The summed E-state index contributed by atoms with van der Waals surface area (Å²) in [5, 5.41) is 9.00. The highest BCUT2D eigenvalue weighted by molar-refractivity contribution is 9.09. The van der Waals surface area contributed by atoms with Crippen molar-refractivity contribution in [3.05, 3.63) is 0 Å². The van der Waals surface area contributed by atoms with E-state index in [4.69, 9.17) is 5.11 Å². The highest BCUT2D eigenvalue weighted by Crippen LogP contribution is 2.05. The summed E-state index contributed by atoms with van der Waals surface area (Å²) in [7, 11) is 0. The van der Waals surface area contributed by atoms with E-state index in [1.165, 1.54) is 0 Å². The van der Waals surface area contributed by atoms with E-state index < -0.39 is 12.1 Å². The molecular formula is C6H11BrO3. The molecule has 10 heavy (non-hydrogen) atoms. The van der Waals surface area contributed by atoms with Gasteiger partial charge in [-0.2, -0.15) is 0 Å². The number of carbonyl (C=O) groups is 1. The summed E-state index contributed by atoms with van der Waals surface area (Å²) in [6.07, 6.45) is -1.06. The number of aliphatic hydroxyl groups excluding tert-OH is 1. The second-order valence-corrected chi connectivity index (χ2v) is 3.32. The first-order chi connectivity index (χ1) is 4.59. The van der Waals surface area contributed by atoms with Gasteiger partial charge in [0.05, 0.1) is 6.61 Å². The normalized spacial score (nSPS) is 16.0. The van der Waals surface area contributed by atoms with E-state index >= 15 is 0 Å². The van der Waals surface area contributed by atoms with E-state index in [1.54, 1.807) is 13.8 Å². The quantitative estimate of drug-likeness (QED) is 0.551. The van der Waals surface area contributed by atoms with Gasteiger partial charge in [-0.1, -0.05) is 15.9 Å². The van der Waals surface area contributed by atoms with Crippen molar-refractivity contribution < 1.29 is 14.6 Å². The van der Waals surface area contributed by atoms with E-state index in [0.717, 1.165) is 0 Å². The summed E-state index contributed by atoms with van der Waals surface area (Å²) in [6.45, 7) is 3.68. The zero-order chi connectivity index (χ0) is 8.15. The molecule has 0 aliphatic rings. The molecule has 0 bridgehead atoms. The van der Waals surface area contributed by atoms with Crippen LogP contribution in [0.2, 0.25) is 0 Å². The highest BCUT2D eigenvalue weighted by Gasteiger charge is 2.20. The molecule has 0 radical (unpaired) electrons. The Morgan fingerprint density at radius 3 is 2.60 bits per heavy atom. The molecule has 0 amide bonds. The molecule has 0 aliphatic heterocycles. The number of carbonyl (C=O) groups excluding carboxylic acids is 1. The molecule has 0 fully saturated rings. The van der Waals surface area contributed by atoms with E-state index in [0.29, 0.717) is 6.61 Å². The smallest absolute Gasteiger partial charge is 0.336 e. The fraction of sp³-hybridized carbons (Fsp3) is 0.833. The SMILES string of the molecule is CCOC(=O)C(O)C(C)Br. The minimum Gasteiger partial charge on any atom is -0.464 e. The number of hydrogen-bond acceptors (Lipinski definition) is 3. The number of ether oxygens (including phenoxy) is 1. The highest BCUT2D eigenvalue weighted by atomic mass is 79.9. The lowest BCUT2D eigenvalue weighted by Crippen LogP contribution is -2.29. The van der Waals surface area contributed by atoms with Crippen LogP contribution in [0.3, 0.4) is 0 Å². The van der Waals surface area contributed by atoms with Crippen LogP contribution in [0.25, 0.3) is 0 Å². The second kappa shape index (κ2) is 4.68. The monoisotopic (exact) mass is 210 g/mol. The third-order valence-electron chi connectivity index (χ3n) is 0.963. The summed E-state index contributed by atoms with van der Waals surface area (Å²) in [5.41, 5.74) is 0. The van der Waals surface area contributed by atoms with Gasteiger partial charge in [0.1, 0.15) is 0 Å². The average Bonchev–Trinajstić information content (AvgIpc) is 1.87. The molecule has 1 N–H and O–H groups in total. The fourth-order valence-corrected chi connectivity index (χ4v) is 0.631. The molecule has 0 heterocycles. The third-order valence-corrected chi connectivity index (χ3v) is 1.46. The lowest BCUT2D eigenvalue weighted by molar-refractivity contribution is -0.152. The van der Waals surface area contributed by atoms with Crippen LogP contribution in [-0.4, -0.2) is 28.6 Å². The van der Waals surface area contributed by atoms with Crippen LogP contribution < -0.4 is 0 Å². The van der Waals surface area contributed by atoms with Crippen molar-refractivity contribution in [1.82, 2.24) is 0 Å². The van der Waals surface area contributed by atoms with Gasteiger partial charge in [0, 0.05) is 4.83 Å². The predicted molar refractivity (Wildman–Crippen MR) is 41.0 cm³/mol. The molecule has 2 atom stereocenters. The van der Waals surface area contributed by atoms with Gasteiger partial charge in [0.15, 0.2) is 6.10 Å². The van der Waals surface area contributed by atoms with Crippen LogP contribution in [-0.2, 0) is 9.53 Å². The number of alkyl halides is 1. The Morgan fingerprint density at radius 2 is 2.30 bits per heavy atom. The van der Waals surface area contributed by atoms with Crippen molar-refractivity contribution >= 4 is 21.9 Å². The molecule has 0 aromatic heterocycles. The van der Waals surface area contributed by atoms with E-state index in [9.17, 15) is 4.79 Å². The van der Waals surface area contributed by atoms with Crippen LogP contribution >= 0.6 is 15.9 Å². The molecule has 0 spiro atoms. The molecule has 60 valence electrons. The Balaban J connectivity index is 3.71. The van der Waals surface area contributed by atoms with Gasteiger partial charge in [0.2, 0.25) is 0 Å². The molecule has 0 aromatic carbocycles. The van der Waals surface area contributed by atoms with Gasteiger partial charge in [-0.3, -0.25) is 0 Å². The molecular weight excluding hydrogens is 200 g/mol. The van der Waals surface area contributed by atoms with Crippen LogP contribution in [0, 0.1) is 0 Å². The average molecular weight is 211 g/mol. The Bertz CT molecular complexity index is 114. The number of aliphatic hydroxyl groups is 1.